The molecule has 0 unspecified atom stereocenters. The Labute approximate surface area is 178 Å². The van der Waals surface area contributed by atoms with Gasteiger partial charge in [0.1, 0.15) is 17.7 Å². The summed E-state index contributed by atoms with van der Waals surface area (Å²) in [6, 6.07) is 10.7. The Morgan fingerprint density at radius 3 is 2.43 bits per heavy atom. The van der Waals surface area contributed by atoms with Crippen LogP contribution in [0.15, 0.2) is 54.9 Å². The van der Waals surface area contributed by atoms with Gasteiger partial charge >= 0.3 is 0 Å². The summed E-state index contributed by atoms with van der Waals surface area (Å²) in [7, 11) is 1.49. The van der Waals surface area contributed by atoms with Crippen LogP contribution in [0.2, 0.25) is 10.0 Å². The maximum absolute atomic E-state index is 13.4. The molecule has 0 saturated heterocycles. The average Bonchev–Trinajstić information content (AvgIpc) is 2.68. The van der Waals surface area contributed by atoms with E-state index in [1.54, 1.807) is 42.6 Å². The standard InChI is InChI=1S/C20H17Cl2FN2O2.ClH/c1-27-18-8-11(13-6-14(23)10-25-9-13)2-4-15(18)20(26)19(24)12-3-5-16(21)17(22)7-12;/h2-10,19-20,26H,24H2,1H3;1H/t19-,20+;/m0./s1. The van der Waals surface area contributed by atoms with E-state index < -0.39 is 18.0 Å². The zero-order valence-corrected chi connectivity index (χ0v) is 17.1. The summed E-state index contributed by atoms with van der Waals surface area (Å²) < 4.78 is 18.8. The molecule has 0 fully saturated rings. The van der Waals surface area contributed by atoms with E-state index in [1.165, 1.54) is 13.2 Å². The van der Waals surface area contributed by atoms with E-state index in [4.69, 9.17) is 33.7 Å². The number of hydrogen-bond acceptors (Lipinski definition) is 4. The van der Waals surface area contributed by atoms with Gasteiger partial charge in [0.15, 0.2) is 0 Å². The highest BCUT2D eigenvalue weighted by molar-refractivity contribution is 6.42. The first-order chi connectivity index (χ1) is 12.9. The topological polar surface area (TPSA) is 68.4 Å². The summed E-state index contributed by atoms with van der Waals surface area (Å²) in [5.41, 5.74) is 8.66. The fourth-order valence-electron chi connectivity index (χ4n) is 2.80. The van der Waals surface area contributed by atoms with Crippen molar-refractivity contribution in [3.05, 3.63) is 81.8 Å². The van der Waals surface area contributed by atoms with Gasteiger partial charge in [-0.05, 0) is 35.4 Å². The number of benzene rings is 2. The normalized spacial score (nSPS) is 12.8. The molecule has 2 aromatic carbocycles. The summed E-state index contributed by atoms with van der Waals surface area (Å²) in [5, 5.41) is 11.5. The van der Waals surface area contributed by atoms with Gasteiger partial charge in [0.25, 0.3) is 0 Å². The van der Waals surface area contributed by atoms with Crippen LogP contribution in [0.25, 0.3) is 11.1 Å². The monoisotopic (exact) mass is 442 g/mol. The van der Waals surface area contributed by atoms with Crippen LogP contribution in [0.3, 0.4) is 0 Å². The molecule has 0 saturated carbocycles. The second-order valence-electron chi connectivity index (χ2n) is 5.99. The number of aliphatic hydroxyl groups excluding tert-OH is 1. The second-order valence-corrected chi connectivity index (χ2v) is 6.81. The van der Waals surface area contributed by atoms with Crippen LogP contribution in [0.1, 0.15) is 23.3 Å². The largest absolute Gasteiger partial charge is 0.496 e. The Balaban J connectivity index is 0.00000280. The maximum Gasteiger partial charge on any atom is 0.142 e. The Hall–Kier alpha value is -1.89. The number of aliphatic hydroxyl groups is 1. The van der Waals surface area contributed by atoms with E-state index in [0.717, 1.165) is 6.20 Å². The molecule has 0 aliphatic rings. The average molecular weight is 444 g/mol. The lowest BCUT2D eigenvalue weighted by molar-refractivity contribution is 0.143. The number of nitrogens with two attached hydrogens (primary N) is 1. The van der Waals surface area contributed by atoms with E-state index in [0.29, 0.717) is 38.0 Å². The predicted molar refractivity (Wildman–Crippen MR) is 112 cm³/mol. The van der Waals surface area contributed by atoms with Gasteiger partial charge in [-0.15, -0.1) is 12.4 Å². The highest BCUT2D eigenvalue weighted by atomic mass is 35.5. The molecule has 4 nitrogen and oxygen atoms in total. The van der Waals surface area contributed by atoms with E-state index in [-0.39, 0.29) is 12.4 Å². The number of pyridine rings is 1. The molecule has 0 spiro atoms. The number of halogens is 4. The van der Waals surface area contributed by atoms with Crippen LogP contribution in [-0.4, -0.2) is 17.2 Å². The molecule has 3 aromatic rings. The molecule has 3 N–H and O–H groups in total. The van der Waals surface area contributed by atoms with Crippen molar-refractivity contribution in [3.63, 3.8) is 0 Å². The number of aromatic nitrogens is 1. The Bertz CT molecular complexity index is 972. The van der Waals surface area contributed by atoms with E-state index in [1.807, 2.05) is 0 Å². The Morgan fingerprint density at radius 2 is 1.79 bits per heavy atom. The predicted octanol–water partition coefficient (Wildman–Crippen LogP) is 5.36. The molecule has 0 aliphatic carbocycles. The minimum absolute atomic E-state index is 0. The number of rotatable bonds is 5. The van der Waals surface area contributed by atoms with Crippen molar-refractivity contribution in [2.45, 2.75) is 12.1 Å². The lowest BCUT2D eigenvalue weighted by Gasteiger charge is -2.22. The number of nitrogens with zero attached hydrogens (tertiary/aromatic N) is 1. The molecule has 8 heteroatoms. The summed E-state index contributed by atoms with van der Waals surface area (Å²) >= 11 is 12.0. The first-order valence-corrected chi connectivity index (χ1v) is 8.83. The summed E-state index contributed by atoms with van der Waals surface area (Å²) in [5.74, 6) is -0.00279. The molecular formula is C20H18Cl3FN2O2. The van der Waals surface area contributed by atoms with Crippen molar-refractivity contribution in [3.8, 4) is 16.9 Å². The van der Waals surface area contributed by atoms with Crippen LogP contribution < -0.4 is 10.5 Å². The summed E-state index contributed by atoms with van der Waals surface area (Å²) in [6.45, 7) is 0. The van der Waals surface area contributed by atoms with E-state index in [9.17, 15) is 9.50 Å². The van der Waals surface area contributed by atoms with E-state index >= 15 is 0 Å². The molecule has 0 radical (unpaired) electrons. The Kier molecular flexibility index (Phi) is 7.63. The third kappa shape index (κ3) is 4.74. The number of methoxy groups -OCH3 is 1. The van der Waals surface area contributed by atoms with Gasteiger partial charge in [0.05, 0.1) is 29.4 Å². The van der Waals surface area contributed by atoms with Crippen molar-refractivity contribution in [2.75, 3.05) is 7.11 Å². The zero-order valence-electron chi connectivity index (χ0n) is 14.8. The highest BCUT2D eigenvalue weighted by Crippen LogP contribution is 2.37. The molecule has 0 aliphatic heterocycles. The molecule has 2 atom stereocenters. The van der Waals surface area contributed by atoms with Crippen molar-refractivity contribution < 1.29 is 14.2 Å². The minimum atomic E-state index is -1.04. The van der Waals surface area contributed by atoms with Crippen molar-refractivity contribution in [1.29, 1.82) is 0 Å². The van der Waals surface area contributed by atoms with Gasteiger partial charge in [-0.2, -0.15) is 0 Å². The first kappa shape index (κ1) is 22.4. The third-order valence-electron chi connectivity index (χ3n) is 4.26. The summed E-state index contributed by atoms with van der Waals surface area (Å²) in [4.78, 5) is 3.85. The minimum Gasteiger partial charge on any atom is -0.496 e. The highest BCUT2D eigenvalue weighted by Gasteiger charge is 2.23. The van der Waals surface area contributed by atoms with Crippen LogP contribution in [-0.2, 0) is 0 Å². The molecule has 0 bridgehead atoms. The third-order valence-corrected chi connectivity index (χ3v) is 5.00. The van der Waals surface area contributed by atoms with Gasteiger partial charge in [-0.1, -0.05) is 41.4 Å². The molecule has 148 valence electrons. The molecule has 0 amide bonds. The van der Waals surface area contributed by atoms with E-state index in [2.05, 4.69) is 4.98 Å². The number of ether oxygens (including phenoxy) is 1. The second kappa shape index (κ2) is 9.54. The van der Waals surface area contributed by atoms with Gasteiger partial charge in [-0.3, -0.25) is 4.98 Å². The van der Waals surface area contributed by atoms with Crippen molar-refractivity contribution in [1.82, 2.24) is 4.98 Å². The molecule has 28 heavy (non-hydrogen) atoms. The SMILES string of the molecule is COc1cc(-c2cncc(F)c2)ccc1[C@@H](O)[C@@H](N)c1ccc(Cl)c(Cl)c1.Cl. The van der Waals surface area contributed by atoms with Gasteiger partial charge in [0.2, 0.25) is 0 Å². The molecule has 1 heterocycles. The zero-order chi connectivity index (χ0) is 19.6. The van der Waals surface area contributed by atoms with Crippen LogP contribution >= 0.6 is 35.6 Å². The first-order valence-electron chi connectivity index (χ1n) is 8.08. The van der Waals surface area contributed by atoms with Gasteiger partial charge in [0, 0.05) is 17.3 Å². The fourth-order valence-corrected chi connectivity index (χ4v) is 3.11. The smallest absolute Gasteiger partial charge is 0.142 e. The van der Waals surface area contributed by atoms with Crippen LogP contribution in [0.5, 0.6) is 5.75 Å². The van der Waals surface area contributed by atoms with Crippen LogP contribution in [0.4, 0.5) is 4.39 Å². The molecule has 3 rings (SSSR count). The summed E-state index contributed by atoms with van der Waals surface area (Å²) in [6.07, 6.45) is 1.64. The van der Waals surface area contributed by atoms with Crippen molar-refractivity contribution >= 4 is 35.6 Å². The Morgan fingerprint density at radius 1 is 1.04 bits per heavy atom. The molecular weight excluding hydrogens is 426 g/mol. The number of hydrogen-bond donors (Lipinski definition) is 2. The van der Waals surface area contributed by atoms with Gasteiger partial charge < -0.3 is 15.6 Å². The fraction of sp³-hybridized carbons (Fsp3) is 0.150. The molecule has 1 aromatic heterocycles. The lowest BCUT2D eigenvalue weighted by atomic mass is 9.94. The quantitative estimate of drug-likeness (QED) is 0.557. The maximum atomic E-state index is 13.4. The van der Waals surface area contributed by atoms with Crippen LogP contribution in [0, 0.1) is 5.82 Å². The van der Waals surface area contributed by atoms with Gasteiger partial charge in [-0.25, -0.2) is 4.39 Å². The lowest BCUT2D eigenvalue weighted by Crippen LogP contribution is -2.20. The van der Waals surface area contributed by atoms with Crippen molar-refractivity contribution in [2.24, 2.45) is 5.73 Å².